The van der Waals surface area contributed by atoms with Crippen LogP contribution in [0.25, 0.3) is 11.0 Å². The lowest BCUT2D eigenvalue weighted by molar-refractivity contribution is -0.115. The third-order valence-corrected chi connectivity index (χ3v) is 7.26. The molecule has 0 aliphatic heterocycles. The Morgan fingerprint density at radius 2 is 1.93 bits per heavy atom. The van der Waals surface area contributed by atoms with Crippen molar-refractivity contribution in [2.45, 2.75) is 17.6 Å². The van der Waals surface area contributed by atoms with Crippen LogP contribution in [0.2, 0.25) is 0 Å². The highest BCUT2D eigenvalue weighted by atomic mass is 32.2. The average Bonchev–Trinajstić information content (AvgIpc) is 3.33. The van der Waals surface area contributed by atoms with Crippen molar-refractivity contribution in [3.05, 3.63) is 65.3 Å². The minimum absolute atomic E-state index is 0.155. The van der Waals surface area contributed by atoms with Gasteiger partial charge in [-0.3, -0.25) is 14.2 Å². The van der Waals surface area contributed by atoms with Crippen LogP contribution in [0.1, 0.15) is 11.3 Å². The Bertz CT molecular complexity index is 1310. The van der Waals surface area contributed by atoms with Crippen molar-refractivity contribution in [3.63, 3.8) is 0 Å². The number of anilines is 2. The highest BCUT2D eigenvalue weighted by Crippen LogP contribution is 2.21. The van der Waals surface area contributed by atoms with Crippen LogP contribution in [-0.4, -0.2) is 29.1 Å². The molecule has 0 saturated heterocycles. The number of nitrogens with one attached hydrogen (secondary N) is 2. The smallest absolute Gasteiger partial charge is 0.271 e. The number of rotatable bonds is 6. The molecule has 8 nitrogen and oxygen atoms in total. The summed E-state index contributed by atoms with van der Waals surface area (Å²) in [5.74, 6) is -0.190. The number of carbonyl (C=O) groups is 1. The molecule has 0 fully saturated rings. The number of benzene rings is 1. The van der Waals surface area contributed by atoms with E-state index in [-0.39, 0.29) is 16.5 Å². The number of sulfonamides is 1. The van der Waals surface area contributed by atoms with Gasteiger partial charge in [0.05, 0.1) is 24.0 Å². The second kappa shape index (κ2) is 7.88. The van der Waals surface area contributed by atoms with Gasteiger partial charge in [0.25, 0.3) is 10.0 Å². The number of fused-ring (bicyclic) bond motifs is 1. The first-order valence-electron chi connectivity index (χ1n) is 9.06. The van der Waals surface area contributed by atoms with Crippen molar-refractivity contribution in [3.8, 4) is 0 Å². The van der Waals surface area contributed by atoms with Crippen LogP contribution in [0.3, 0.4) is 0 Å². The summed E-state index contributed by atoms with van der Waals surface area (Å²) >= 11 is 1.15. The van der Waals surface area contributed by atoms with E-state index in [1.54, 1.807) is 52.7 Å². The number of amides is 1. The van der Waals surface area contributed by atoms with Crippen LogP contribution in [0, 0.1) is 6.92 Å². The number of aromatic nitrogens is 3. The second-order valence-corrected chi connectivity index (χ2v) is 9.62. The van der Waals surface area contributed by atoms with Gasteiger partial charge in [0.2, 0.25) is 5.91 Å². The molecule has 0 atom stereocenters. The summed E-state index contributed by atoms with van der Waals surface area (Å²) in [7, 11) is -1.77. The molecule has 0 bridgehead atoms. The molecular weight excluding hydrogens is 422 g/mol. The summed E-state index contributed by atoms with van der Waals surface area (Å²) in [6.07, 6.45) is 1.76. The summed E-state index contributed by atoms with van der Waals surface area (Å²) < 4.78 is 29.0. The highest BCUT2D eigenvalue weighted by Gasteiger charge is 2.15. The lowest BCUT2D eigenvalue weighted by Gasteiger charge is -2.08. The van der Waals surface area contributed by atoms with Gasteiger partial charge in [0.1, 0.15) is 4.21 Å². The number of hydrogen-bond acceptors (Lipinski definition) is 6. The second-order valence-electron chi connectivity index (χ2n) is 6.76. The molecule has 10 heteroatoms. The molecule has 0 saturated carbocycles. The fourth-order valence-electron chi connectivity index (χ4n) is 3.08. The molecule has 3 aromatic heterocycles. The third kappa shape index (κ3) is 4.19. The molecule has 0 radical (unpaired) electrons. The first-order chi connectivity index (χ1) is 14.3. The number of nitrogens with zero attached hydrogens (tertiary/aromatic N) is 3. The molecule has 1 aromatic carbocycles. The van der Waals surface area contributed by atoms with Crippen LogP contribution >= 0.6 is 11.3 Å². The number of aryl methyl sites for hydroxylation is 2. The molecule has 0 aliphatic rings. The van der Waals surface area contributed by atoms with Crippen LogP contribution in [0.5, 0.6) is 0 Å². The zero-order valence-electron chi connectivity index (χ0n) is 16.3. The van der Waals surface area contributed by atoms with Gasteiger partial charge in [-0.15, -0.1) is 11.3 Å². The van der Waals surface area contributed by atoms with Gasteiger partial charge in [-0.05, 0) is 42.1 Å². The third-order valence-electron chi connectivity index (χ3n) is 4.48. The number of pyridine rings is 1. The van der Waals surface area contributed by atoms with E-state index < -0.39 is 10.0 Å². The van der Waals surface area contributed by atoms with E-state index in [1.807, 2.05) is 20.0 Å². The molecule has 154 valence electrons. The zero-order valence-corrected chi connectivity index (χ0v) is 17.9. The topological polar surface area (TPSA) is 106 Å². The molecular formula is C20H19N5O3S2. The number of carbonyl (C=O) groups excluding carboxylic acids is 1. The molecule has 30 heavy (non-hydrogen) atoms. The van der Waals surface area contributed by atoms with Gasteiger partial charge < -0.3 is 5.32 Å². The fraction of sp³-hybridized carbons (Fsp3) is 0.150. The predicted molar refractivity (Wildman–Crippen MR) is 117 cm³/mol. The summed E-state index contributed by atoms with van der Waals surface area (Å²) in [6.45, 7) is 1.89. The Labute approximate surface area is 177 Å². The van der Waals surface area contributed by atoms with Crippen molar-refractivity contribution >= 4 is 49.7 Å². The van der Waals surface area contributed by atoms with E-state index in [0.29, 0.717) is 11.4 Å². The number of thiophene rings is 1. The van der Waals surface area contributed by atoms with Gasteiger partial charge in [-0.25, -0.2) is 13.4 Å². The molecule has 4 aromatic rings. The molecule has 3 heterocycles. The minimum Gasteiger partial charge on any atom is -0.324 e. The standard InChI is InChI=1S/C20H19N5O3S2/c1-13-17-11-16(12-21-20(17)25(2)23-13)22-18(26)10-14-5-7-15(8-6-14)24-30(27,28)19-4-3-9-29-19/h3-9,11-12,24H,10H2,1-2H3,(H,22,26). The van der Waals surface area contributed by atoms with E-state index in [9.17, 15) is 13.2 Å². The van der Waals surface area contributed by atoms with Gasteiger partial charge in [0, 0.05) is 18.1 Å². The first-order valence-corrected chi connectivity index (χ1v) is 11.4. The lowest BCUT2D eigenvalue weighted by Crippen LogP contribution is -2.15. The maximum atomic E-state index is 12.4. The quantitative estimate of drug-likeness (QED) is 0.477. The molecule has 4 rings (SSSR count). The van der Waals surface area contributed by atoms with E-state index >= 15 is 0 Å². The molecule has 0 spiro atoms. The summed E-state index contributed by atoms with van der Waals surface area (Å²) in [6, 6.07) is 11.8. The van der Waals surface area contributed by atoms with Gasteiger partial charge in [0.15, 0.2) is 5.65 Å². The molecule has 1 amide bonds. The Morgan fingerprint density at radius 3 is 2.63 bits per heavy atom. The Balaban J connectivity index is 1.41. The largest absolute Gasteiger partial charge is 0.324 e. The first kappa shape index (κ1) is 20.0. The fourth-order valence-corrected chi connectivity index (χ4v) is 5.13. The van der Waals surface area contributed by atoms with E-state index in [1.165, 1.54) is 0 Å². The van der Waals surface area contributed by atoms with Crippen molar-refractivity contribution in [2.75, 3.05) is 10.0 Å². The van der Waals surface area contributed by atoms with Crippen LogP contribution in [-0.2, 0) is 28.3 Å². The predicted octanol–water partition coefficient (Wildman–Crippen LogP) is 3.32. The van der Waals surface area contributed by atoms with E-state index in [4.69, 9.17) is 0 Å². The Hall–Kier alpha value is -3.24. The van der Waals surface area contributed by atoms with Crippen molar-refractivity contribution in [2.24, 2.45) is 7.05 Å². The molecule has 0 unspecified atom stereocenters. The van der Waals surface area contributed by atoms with Gasteiger partial charge in [-0.1, -0.05) is 18.2 Å². The summed E-state index contributed by atoms with van der Waals surface area (Å²) in [4.78, 5) is 16.8. The van der Waals surface area contributed by atoms with Crippen molar-refractivity contribution in [1.82, 2.24) is 14.8 Å². The summed E-state index contributed by atoms with van der Waals surface area (Å²) in [5.41, 5.74) is 3.40. The maximum absolute atomic E-state index is 12.4. The van der Waals surface area contributed by atoms with Crippen LogP contribution in [0.4, 0.5) is 11.4 Å². The van der Waals surface area contributed by atoms with Crippen LogP contribution in [0.15, 0.2) is 58.3 Å². The van der Waals surface area contributed by atoms with Crippen molar-refractivity contribution < 1.29 is 13.2 Å². The lowest BCUT2D eigenvalue weighted by atomic mass is 10.1. The van der Waals surface area contributed by atoms with E-state index in [2.05, 4.69) is 20.1 Å². The Morgan fingerprint density at radius 1 is 1.17 bits per heavy atom. The monoisotopic (exact) mass is 441 g/mol. The van der Waals surface area contributed by atoms with Crippen molar-refractivity contribution in [1.29, 1.82) is 0 Å². The SMILES string of the molecule is Cc1nn(C)c2ncc(NC(=O)Cc3ccc(NS(=O)(=O)c4cccs4)cc3)cc12. The Kier molecular flexibility index (Phi) is 5.27. The molecule has 2 N–H and O–H groups in total. The van der Waals surface area contributed by atoms with E-state index in [0.717, 1.165) is 33.6 Å². The normalized spacial score (nSPS) is 11.5. The number of hydrogen-bond donors (Lipinski definition) is 2. The minimum atomic E-state index is -3.59. The summed E-state index contributed by atoms with van der Waals surface area (Å²) in [5, 5.41) is 9.76. The average molecular weight is 442 g/mol. The van der Waals surface area contributed by atoms with Crippen LogP contribution < -0.4 is 10.0 Å². The molecule has 0 aliphatic carbocycles. The maximum Gasteiger partial charge on any atom is 0.271 e. The zero-order chi connectivity index (χ0) is 21.3. The van der Waals surface area contributed by atoms with Gasteiger partial charge in [-0.2, -0.15) is 5.10 Å². The van der Waals surface area contributed by atoms with Gasteiger partial charge >= 0.3 is 0 Å². The highest BCUT2D eigenvalue weighted by molar-refractivity contribution is 7.94.